The number of halogens is 1. The van der Waals surface area contributed by atoms with E-state index in [-0.39, 0.29) is 0 Å². The number of fused-ring (bicyclic) bond motifs is 1. The first-order chi connectivity index (χ1) is 6.29. The van der Waals surface area contributed by atoms with Gasteiger partial charge in [-0.25, -0.2) is 4.39 Å². The molecule has 0 aliphatic heterocycles. The van der Waals surface area contributed by atoms with E-state index in [2.05, 4.69) is 0 Å². The molecule has 2 heteroatoms. The average molecular weight is 176 g/mol. The van der Waals surface area contributed by atoms with Crippen molar-refractivity contribution in [2.75, 3.05) is 0 Å². The maximum absolute atomic E-state index is 13.0. The van der Waals surface area contributed by atoms with E-state index in [0.29, 0.717) is 12.0 Å². The van der Waals surface area contributed by atoms with Crippen molar-refractivity contribution in [2.45, 2.75) is 12.8 Å². The van der Waals surface area contributed by atoms with E-state index < -0.39 is 11.6 Å². The van der Waals surface area contributed by atoms with Crippen LogP contribution < -0.4 is 0 Å². The molecule has 1 aliphatic rings. The summed E-state index contributed by atoms with van der Waals surface area (Å²) in [6.07, 6.45) is 2.71. The highest BCUT2D eigenvalue weighted by atomic mass is 19.1. The molecular weight excluding hydrogens is 167 g/mol. The van der Waals surface area contributed by atoms with Crippen LogP contribution in [0.5, 0.6) is 0 Å². The number of carbonyl (C=O) groups is 1. The summed E-state index contributed by atoms with van der Waals surface area (Å²) < 4.78 is 13.0. The van der Waals surface area contributed by atoms with Crippen molar-refractivity contribution >= 4 is 5.78 Å². The molecule has 13 heavy (non-hydrogen) atoms. The first kappa shape index (κ1) is 8.17. The summed E-state index contributed by atoms with van der Waals surface area (Å²) in [7, 11) is 0. The molecule has 1 aliphatic carbocycles. The Bertz CT molecular complexity index is 379. The smallest absolute Gasteiger partial charge is 0.221 e. The Labute approximate surface area is 75.9 Å². The first-order valence-electron chi connectivity index (χ1n) is 4.27. The number of hydrogen-bond donors (Lipinski definition) is 0. The van der Waals surface area contributed by atoms with Crippen LogP contribution in [0.2, 0.25) is 0 Å². The lowest BCUT2D eigenvalue weighted by Gasteiger charge is -2.01. The zero-order valence-electron chi connectivity index (χ0n) is 7.09. The number of rotatable bonds is 0. The fourth-order valence-electron chi connectivity index (χ4n) is 1.54. The van der Waals surface area contributed by atoms with Crippen molar-refractivity contribution < 1.29 is 9.18 Å². The summed E-state index contributed by atoms with van der Waals surface area (Å²) in [6, 6.07) is 7.18. The highest BCUT2D eigenvalue weighted by molar-refractivity contribution is 6.08. The van der Waals surface area contributed by atoms with Crippen LogP contribution in [0, 0.1) is 0 Å². The maximum Gasteiger partial charge on any atom is 0.221 e. The van der Waals surface area contributed by atoms with Gasteiger partial charge in [-0.3, -0.25) is 4.79 Å². The number of allylic oxidation sites excluding steroid dienone is 2. The molecule has 0 bridgehead atoms. The molecule has 0 saturated heterocycles. The monoisotopic (exact) mass is 176 g/mol. The highest BCUT2D eigenvalue weighted by Gasteiger charge is 2.17. The highest BCUT2D eigenvalue weighted by Crippen LogP contribution is 2.20. The summed E-state index contributed by atoms with van der Waals surface area (Å²) in [5, 5.41) is 0. The van der Waals surface area contributed by atoms with E-state index in [1.165, 1.54) is 6.08 Å². The Morgan fingerprint density at radius 1 is 1.23 bits per heavy atom. The molecule has 0 spiro atoms. The Balaban J connectivity index is 2.54. The van der Waals surface area contributed by atoms with Gasteiger partial charge < -0.3 is 0 Å². The SMILES string of the molecule is O=C1C(F)=CCCc2ccccc21. The molecule has 0 fully saturated rings. The summed E-state index contributed by atoms with van der Waals surface area (Å²) >= 11 is 0. The molecule has 1 aromatic carbocycles. The molecular formula is C11H9FO. The standard InChI is InChI=1S/C11H9FO/c12-10-7-3-5-8-4-1-2-6-9(8)11(10)13/h1-2,4,6-7H,3,5H2. The third kappa shape index (κ3) is 1.39. The van der Waals surface area contributed by atoms with Gasteiger partial charge in [0.1, 0.15) is 0 Å². The topological polar surface area (TPSA) is 17.1 Å². The minimum absolute atomic E-state index is 0.479. The fourth-order valence-corrected chi connectivity index (χ4v) is 1.54. The molecule has 0 N–H and O–H groups in total. The number of ketones is 1. The average Bonchev–Trinajstić information content (AvgIpc) is 2.29. The Kier molecular flexibility index (Phi) is 1.97. The van der Waals surface area contributed by atoms with E-state index in [1.807, 2.05) is 12.1 Å². The van der Waals surface area contributed by atoms with E-state index in [0.717, 1.165) is 12.0 Å². The lowest BCUT2D eigenvalue weighted by Crippen LogP contribution is -2.01. The molecule has 0 heterocycles. The molecule has 1 nitrogen and oxygen atoms in total. The molecule has 1 aromatic rings. The van der Waals surface area contributed by atoms with E-state index >= 15 is 0 Å². The predicted octanol–water partition coefficient (Wildman–Crippen LogP) is 2.67. The maximum atomic E-state index is 13.0. The van der Waals surface area contributed by atoms with Gasteiger partial charge in [0.25, 0.3) is 0 Å². The second-order valence-electron chi connectivity index (χ2n) is 3.08. The number of hydrogen-bond acceptors (Lipinski definition) is 1. The predicted molar refractivity (Wildman–Crippen MR) is 48.3 cm³/mol. The van der Waals surface area contributed by atoms with Crippen molar-refractivity contribution in [3.8, 4) is 0 Å². The number of Topliss-reactive ketones (excluding diaryl/α,β-unsaturated/α-hetero) is 1. The Morgan fingerprint density at radius 2 is 2.00 bits per heavy atom. The lowest BCUT2D eigenvalue weighted by molar-refractivity contribution is 0.100. The molecule has 0 atom stereocenters. The third-order valence-corrected chi connectivity index (χ3v) is 2.22. The zero-order valence-corrected chi connectivity index (χ0v) is 7.09. The van der Waals surface area contributed by atoms with Crippen molar-refractivity contribution in [1.29, 1.82) is 0 Å². The van der Waals surface area contributed by atoms with Gasteiger partial charge in [-0.1, -0.05) is 24.3 Å². The quantitative estimate of drug-likeness (QED) is 0.594. The van der Waals surface area contributed by atoms with Gasteiger partial charge in [-0.2, -0.15) is 0 Å². The van der Waals surface area contributed by atoms with Gasteiger partial charge in [0.2, 0.25) is 5.78 Å². The summed E-state index contributed by atoms with van der Waals surface area (Å²) in [5.74, 6) is -1.10. The van der Waals surface area contributed by atoms with Gasteiger partial charge in [0.15, 0.2) is 5.83 Å². The fraction of sp³-hybridized carbons (Fsp3) is 0.182. The minimum Gasteiger partial charge on any atom is -0.286 e. The van der Waals surface area contributed by atoms with Gasteiger partial charge in [-0.15, -0.1) is 0 Å². The van der Waals surface area contributed by atoms with Crippen molar-refractivity contribution in [2.24, 2.45) is 0 Å². The lowest BCUT2D eigenvalue weighted by atomic mass is 10.0. The van der Waals surface area contributed by atoms with E-state index in [4.69, 9.17) is 0 Å². The number of aryl methyl sites for hydroxylation is 1. The van der Waals surface area contributed by atoms with Crippen molar-refractivity contribution in [3.05, 3.63) is 47.3 Å². The van der Waals surface area contributed by atoms with Gasteiger partial charge in [0.05, 0.1) is 0 Å². The van der Waals surface area contributed by atoms with Gasteiger partial charge in [-0.05, 0) is 24.5 Å². The number of carbonyl (C=O) groups excluding carboxylic acids is 1. The van der Waals surface area contributed by atoms with Crippen LogP contribution in [0.3, 0.4) is 0 Å². The van der Waals surface area contributed by atoms with E-state index in [9.17, 15) is 9.18 Å². The molecule has 2 rings (SSSR count). The van der Waals surface area contributed by atoms with Crippen LogP contribution in [-0.2, 0) is 6.42 Å². The molecule has 0 saturated carbocycles. The second-order valence-corrected chi connectivity index (χ2v) is 3.08. The van der Waals surface area contributed by atoms with Crippen LogP contribution in [-0.4, -0.2) is 5.78 Å². The van der Waals surface area contributed by atoms with Gasteiger partial charge >= 0.3 is 0 Å². The van der Waals surface area contributed by atoms with Crippen LogP contribution in [0.15, 0.2) is 36.2 Å². The second kappa shape index (κ2) is 3.13. The molecule has 0 radical (unpaired) electrons. The Morgan fingerprint density at radius 3 is 2.85 bits per heavy atom. The first-order valence-corrected chi connectivity index (χ1v) is 4.27. The molecule has 0 aromatic heterocycles. The summed E-state index contributed by atoms with van der Waals surface area (Å²) in [4.78, 5) is 11.4. The van der Waals surface area contributed by atoms with Crippen LogP contribution in [0.1, 0.15) is 22.3 Å². The summed E-state index contributed by atoms with van der Waals surface area (Å²) in [6.45, 7) is 0. The minimum atomic E-state index is -0.620. The van der Waals surface area contributed by atoms with Crippen LogP contribution in [0.4, 0.5) is 4.39 Å². The zero-order chi connectivity index (χ0) is 9.26. The third-order valence-electron chi connectivity index (χ3n) is 2.22. The van der Waals surface area contributed by atoms with Gasteiger partial charge in [0, 0.05) is 5.56 Å². The summed E-state index contributed by atoms with van der Waals surface area (Å²) in [5.41, 5.74) is 1.45. The molecule has 66 valence electrons. The largest absolute Gasteiger partial charge is 0.286 e. The van der Waals surface area contributed by atoms with Crippen molar-refractivity contribution in [3.63, 3.8) is 0 Å². The van der Waals surface area contributed by atoms with E-state index in [1.54, 1.807) is 12.1 Å². The van der Waals surface area contributed by atoms with Crippen LogP contribution in [0.25, 0.3) is 0 Å². The van der Waals surface area contributed by atoms with Crippen LogP contribution >= 0.6 is 0 Å². The molecule has 0 unspecified atom stereocenters. The van der Waals surface area contributed by atoms with Crippen molar-refractivity contribution in [1.82, 2.24) is 0 Å². The molecule has 0 amide bonds. The Hall–Kier alpha value is -1.44. The normalized spacial score (nSPS) is 16.1. The number of benzene rings is 1.